The number of carboxylic acids is 1. The Morgan fingerprint density at radius 2 is 1.85 bits per heavy atom. The van der Waals surface area contributed by atoms with Crippen molar-refractivity contribution in [1.29, 1.82) is 5.26 Å². The lowest BCUT2D eigenvalue weighted by atomic mass is 9.98. The summed E-state index contributed by atoms with van der Waals surface area (Å²) in [7, 11) is 0. The monoisotopic (exact) mass is 360 g/mol. The van der Waals surface area contributed by atoms with Gasteiger partial charge >= 0.3 is 5.97 Å². The third kappa shape index (κ3) is 3.62. The first kappa shape index (κ1) is 18.1. The van der Waals surface area contributed by atoms with Gasteiger partial charge in [0.2, 0.25) is 0 Å². The molecule has 0 unspecified atom stereocenters. The SMILES string of the molecule is Cc1cccc(-c2ccc3c(C#N)c(O)c(C(=O)CCC(=O)O)nc3c2)c1. The maximum Gasteiger partial charge on any atom is 0.303 e. The van der Waals surface area contributed by atoms with Crippen LogP contribution in [0.15, 0.2) is 42.5 Å². The smallest absolute Gasteiger partial charge is 0.303 e. The first-order valence-electron chi connectivity index (χ1n) is 8.29. The molecule has 0 aliphatic rings. The van der Waals surface area contributed by atoms with E-state index in [4.69, 9.17) is 5.11 Å². The van der Waals surface area contributed by atoms with Crippen molar-refractivity contribution in [3.63, 3.8) is 0 Å². The van der Waals surface area contributed by atoms with E-state index in [1.54, 1.807) is 12.1 Å². The number of aryl methyl sites for hydroxylation is 1. The highest BCUT2D eigenvalue weighted by Crippen LogP contribution is 2.32. The van der Waals surface area contributed by atoms with E-state index in [9.17, 15) is 20.0 Å². The van der Waals surface area contributed by atoms with E-state index >= 15 is 0 Å². The molecular formula is C21H16N2O4. The molecule has 6 nitrogen and oxygen atoms in total. The first-order valence-corrected chi connectivity index (χ1v) is 8.29. The Morgan fingerprint density at radius 3 is 2.52 bits per heavy atom. The van der Waals surface area contributed by atoms with Crippen molar-refractivity contribution >= 4 is 22.7 Å². The largest absolute Gasteiger partial charge is 0.504 e. The predicted octanol–water partition coefficient (Wildman–Crippen LogP) is 3.84. The van der Waals surface area contributed by atoms with Crippen LogP contribution < -0.4 is 0 Å². The molecular weight excluding hydrogens is 344 g/mol. The maximum absolute atomic E-state index is 12.3. The molecule has 6 heteroatoms. The third-order valence-corrected chi connectivity index (χ3v) is 4.25. The number of rotatable bonds is 5. The van der Waals surface area contributed by atoms with E-state index in [-0.39, 0.29) is 24.1 Å². The van der Waals surface area contributed by atoms with Crippen LogP contribution in [0.2, 0.25) is 0 Å². The zero-order valence-corrected chi connectivity index (χ0v) is 14.6. The number of aromatic nitrogens is 1. The highest BCUT2D eigenvalue weighted by Gasteiger charge is 2.20. The average Bonchev–Trinajstić information content (AvgIpc) is 2.65. The van der Waals surface area contributed by atoms with Crippen molar-refractivity contribution < 1.29 is 19.8 Å². The van der Waals surface area contributed by atoms with Gasteiger partial charge in [-0.3, -0.25) is 9.59 Å². The number of hydrogen-bond donors (Lipinski definition) is 2. The van der Waals surface area contributed by atoms with Crippen LogP contribution in [0, 0.1) is 18.3 Å². The molecule has 27 heavy (non-hydrogen) atoms. The summed E-state index contributed by atoms with van der Waals surface area (Å²) in [6, 6.07) is 15.0. The summed E-state index contributed by atoms with van der Waals surface area (Å²) in [4.78, 5) is 27.2. The van der Waals surface area contributed by atoms with Crippen molar-refractivity contribution in [3.05, 3.63) is 59.3 Å². The number of hydrogen-bond acceptors (Lipinski definition) is 5. The van der Waals surface area contributed by atoms with E-state index in [2.05, 4.69) is 4.98 Å². The Morgan fingerprint density at radius 1 is 1.11 bits per heavy atom. The van der Waals surface area contributed by atoms with Crippen LogP contribution in [0.3, 0.4) is 0 Å². The van der Waals surface area contributed by atoms with Crippen LogP contribution in [-0.2, 0) is 4.79 Å². The Balaban J connectivity index is 2.15. The van der Waals surface area contributed by atoms with Gasteiger partial charge in [0.1, 0.15) is 17.3 Å². The number of carbonyl (C=O) groups excluding carboxylic acids is 1. The highest BCUT2D eigenvalue weighted by molar-refractivity contribution is 6.02. The molecule has 3 rings (SSSR count). The average molecular weight is 360 g/mol. The van der Waals surface area contributed by atoms with Gasteiger partial charge in [-0.15, -0.1) is 0 Å². The number of nitrogens with zero attached hydrogens (tertiary/aromatic N) is 2. The van der Waals surface area contributed by atoms with Crippen LogP contribution in [0.4, 0.5) is 0 Å². The molecule has 3 aromatic rings. The molecule has 0 aliphatic heterocycles. The number of aliphatic carboxylic acids is 1. The summed E-state index contributed by atoms with van der Waals surface area (Å²) in [5.74, 6) is -2.25. The Hall–Kier alpha value is -3.72. The van der Waals surface area contributed by atoms with E-state index in [1.807, 2.05) is 43.3 Å². The van der Waals surface area contributed by atoms with Gasteiger partial charge in [0.05, 0.1) is 11.9 Å². The zero-order valence-electron chi connectivity index (χ0n) is 14.6. The second-order valence-corrected chi connectivity index (χ2v) is 6.21. The molecule has 2 N–H and O–H groups in total. The van der Waals surface area contributed by atoms with Gasteiger partial charge in [-0.2, -0.15) is 5.26 Å². The van der Waals surface area contributed by atoms with Gasteiger partial charge in [-0.25, -0.2) is 4.98 Å². The Labute approximate surface area is 155 Å². The van der Waals surface area contributed by atoms with Crippen LogP contribution >= 0.6 is 0 Å². The fourth-order valence-corrected chi connectivity index (χ4v) is 2.91. The first-order chi connectivity index (χ1) is 12.9. The van der Waals surface area contributed by atoms with Gasteiger partial charge in [-0.1, -0.05) is 42.0 Å². The Kier molecular flexibility index (Phi) is 4.86. The summed E-state index contributed by atoms with van der Waals surface area (Å²) in [6.45, 7) is 1.98. The van der Waals surface area contributed by atoms with Gasteiger partial charge in [-0.05, 0) is 24.1 Å². The zero-order chi connectivity index (χ0) is 19.6. The molecule has 0 atom stereocenters. The topological polar surface area (TPSA) is 111 Å². The maximum atomic E-state index is 12.3. The van der Waals surface area contributed by atoms with E-state index in [0.717, 1.165) is 16.7 Å². The summed E-state index contributed by atoms with van der Waals surface area (Å²) in [5, 5.41) is 28.9. The van der Waals surface area contributed by atoms with Crippen LogP contribution in [0.25, 0.3) is 22.0 Å². The second-order valence-electron chi connectivity index (χ2n) is 6.21. The standard InChI is InChI=1S/C21H16N2O4/c1-12-3-2-4-13(9-12)14-5-6-15-16(11-22)21(27)20(23-17(15)10-14)18(24)7-8-19(25)26/h2-6,9-10,27H,7-8H2,1H3,(H,25,26). The summed E-state index contributed by atoms with van der Waals surface area (Å²) in [6.07, 6.45) is -0.674. The molecule has 0 amide bonds. The lowest BCUT2D eigenvalue weighted by molar-refractivity contribution is -0.136. The summed E-state index contributed by atoms with van der Waals surface area (Å²) in [5.41, 5.74) is 2.98. The van der Waals surface area contributed by atoms with Crippen molar-refractivity contribution in [3.8, 4) is 22.9 Å². The van der Waals surface area contributed by atoms with E-state index in [1.165, 1.54) is 0 Å². The lowest BCUT2D eigenvalue weighted by Gasteiger charge is -2.10. The molecule has 0 fully saturated rings. The number of carboxylic acid groups (broad SMARTS) is 1. The lowest BCUT2D eigenvalue weighted by Crippen LogP contribution is -2.07. The van der Waals surface area contributed by atoms with Gasteiger partial charge < -0.3 is 10.2 Å². The molecule has 2 aromatic carbocycles. The normalized spacial score (nSPS) is 10.5. The molecule has 0 bridgehead atoms. The third-order valence-electron chi connectivity index (χ3n) is 4.25. The minimum Gasteiger partial charge on any atom is -0.504 e. The number of fused-ring (bicyclic) bond motifs is 1. The number of ketones is 1. The number of nitriles is 1. The molecule has 0 aliphatic carbocycles. The van der Waals surface area contributed by atoms with Gasteiger partial charge in [0.15, 0.2) is 11.5 Å². The van der Waals surface area contributed by atoms with Crippen molar-refractivity contribution in [2.24, 2.45) is 0 Å². The molecule has 1 heterocycles. The summed E-state index contributed by atoms with van der Waals surface area (Å²) < 4.78 is 0. The number of aromatic hydroxyl groups is 1. The fraction of sp³-hybridized carbons (Fsp3) is 0.143. The minimum atomic E-state index is -1.12. The molecule has 1 aromatic heterocycles. The van der Waals surface area contributed by atoms with Gasteiger partial charge in [0, 0.05) is 11.8 Å². The number of benzene rings is 2. The molecule has 0 radical (unpaired) electrons. The van der Waals surface area contributed by atoms with Crippen molar-refractivity contribution in [2.45, 2.75) is 19.8 Å². The second kappa shape index (κ2) is 7.26. The number of pyridine rings is 1. The van der Waals surface area contributed by atoms with Gasteiger partial charge in [0.25, 0.3) is 0 Å². The Bertz CT molecular complexity index is 1110. The molecule has 0 saturated carbocycles. The summed E-state index contributed by atoms with van der Waals surface area (Å²) >= 11 is 0. The van der Waals surface area contributed by atoms with E-state index in [0.29, 0.717) is 10.9 Å². The highest BCUT2D eigenvalue weighted by atomic mass is 16.4. The van der Waals surface area contributed by atoms with Crippen LogP contribution in [0.5, 0.6) is 5.75 Å². The van der Waals surface area contributed by atoms with Crippen molar-refractivity contribution in [2.75, 3.05) is 0 Å². The molecule has 134 valence electrons. The minimum absolute atomic E-state index is 0.0468. The van der Waals surface area contributed by atoms with Crippen molar-refractivity contribution in [1.82, 2.24) is 4.98 Å². The predicted molar refractivity (Wildman–Crippen MR) is 99.5 cm³/mol. The van der Waals surface area contributed by atoms with E-state index < -0.39 is 17.5 Å². The number of carbonyl (C=O) groups is 2. The fourth-order valence-electron chi connectivity index (χ4n) is 2.91. The van der Waals surface area contributed by atoms with Crippen LogP contribution in [0.1, 0.15) is 34.5 Å². The quantitative estimate of drug-likeness (QED) is 0.669. The molecule has 0 spiro atoms. The molecule has 0 saturated heterocycles. The number of Topliss-reactive ketones (excluding diaryl/α,β-unsaturated/α-hetero) is 1. The van der Waals surface area contributed by atoms with Crippen LogP contribution in [-0.4, -0.2) is 26.9 Å².